The van der Waals surface area contributed by atoms with Crippen LogP contribution in [0.2, 0.25) is 0 Å². The summed E-state index contributed by atoms with van der Waals surface area (Å²) in [6, 6.07) is 0. The van der Waals surface area contributed by atoms with Gasteiger partial charge in [0.25, 0.3) is 0 Å². The van der Waals surface area contributed by atoms with Crippen molar-refractivity contribution in [3.8, 4) is 0 Å². The summed E-state index contributed by atoms with van der Waals surface area (Å²) in [7, 11) is 0. The van der Waals surface area contributed by atoms with Crippen LogP contribution in [0.15, 0.2) is 28.9 Å². The molecule has 4 nitrogen and oxygen atoms in total. The van der Waals surface area contributed by atoms with E-state index in [4.69, 9.17) is 0 Å². The van der Waals surface area contributed by atoms with Gasteiger partial charge in [-0.3, -0.25) is 4.79 Å². The SMILES string of the molecule is CC.CC(=O)N/N=C(\C)C1=CCC(O)C=C1.[HH]. The van der Waals surface area contributed by atoms with Crippen LogP contribution in [0.4, 0.5) is 0 Å². The molecule has 1 aliphatic carbocycles. The van der Waals surface area contributed by atoms with Crippen LogP contribution in [0, 0.1) is 0 Å². The number of hydrogen-bond donors (Lipinski definition) is 2. The summed E-state index contributed by atoms with van der Waals surface area (Å²) in [5, 5.41) is 13.1. The summed E-state index contributed by atoms with van der Waals surface area (Å²) >= 11 is 0. The lowest BCUT2D eigenvalue weighted by molar-refractivity contribution is -0.118. The van der Waals surface area contributed by atoms with Gasteiger partial charge in [-0.1, -0.05) is 32.1 Å². The standard InChI is InChI=1S/C10H14N2O2.C2H6.H2/c1-7(11-12-8(2)13)9-3-5-10(14)6-4-9;1-2;/h3-5,10,14H,6H2,1-2H3,(H,12,13);1-2H3;1H/b11-7+;;. The Balaban J connectivity index is 0. The molecular formula is C12H22N2O2. The highest BCUT2D eigenvalue weighted by Gasteiger charge is 2.06. The van der Waals surface area contributed by atoms with Crippen molar-refractivity contribution in [2.24, 2.45) is 5.10 Å². The Morgan fingerprint density at radius 1 is 1.56 bits per heavy atom. The number of rotatable bonds is 2. The molecular weight excluding hydrogens is 204 g/mol. The normalized spacial score (nSPS) is 19.4. The Hall–Kier alpha value is -1.42. The first-order chi connectivity index (χ1) is 7.59. The van der Waals surface area contributed by atoms with Crippen LogP contribution in [-0.2, 0) is 4.79 Å². The maximum absolute atomic E-state index is 10.6. The fourth-order valence-corrected chi connectivity index (χ4v) is 1.10. The van der Waals surface area contributed by atoms with Crippen molar-refractivity contribution >= 4 is 11.6 Å². The Bertz CT molecular complexity index is 322. The van der Waals surface area contributed by atoms with Gasteiger partial charge in [0.15, 0.2) is 0 Å². The highest BCUT2D eigenvalue weighted by molar-refractivity contribution is 6.01. The maximum Gasteiger partial charge on any atom is 0.236 e. The largest absolute Gasteiger partial charge is 0.389 e. The number of amides is 1. The third kappa shape index (κ3) is 5.46. The number of aliphatic hydroxyl groups is 1. The zero-order valence-corrected chi connectivity index (χ0v) is 10.3. The van der Waals surface area contributed by atoms with Crippen molar-refractivity contribution in [3.63, 3.8) is 0 Å². The predicted octanol–water partition coefficient (Wildman–Crippen LogP) is 2.02. The van der Waals surface area contributed by atoms with Gasteiger partial charge in [-0.15, -0.1) is 0 Å². The van der Waals surface area contributed by atoms with Gasteiger partial charge in [0.2, 0.25) is 5.91 Å². The van der Waals surface area contributed by atoms with E-state index < -0.39 is 6.10 Å². The summed E-state index contributed by atoms with van der Waals surface area (Å²) in [4.78, 5) is 10.6. The highest BCUT2D eigenvalue weighted by Crippen LogP contribution is 2.11. The molecule has 0 saturated heterocycles. The molecule has 16 heavy (non-hydrogen) atoms. The molecule has 0 heterocycles. The van der Waals surface area contributed by atoms with E-state index in [1.165, 1.54) is 6.92 Å². The topological polar surface area (TPSA) is 61.7 Å². The number of hydrogen-bond acceptors (Lipinski definition) is 3. The lowest BCUT2D eigenvalue weighted by atomic mass is 10.0. The molecule has 1 unspecified atom stereocenters. The average molecular weight is 226 g/mol. The second-order valence-electron chi connectivity index (χ2n) is 3.19. The Labute approximate surface area is 98.2 Å². The molecule has 0 aromatic heterocycles. The molecule has 1 atom stereocenters. The minimum atomic E-state index is -0.396. The van der Waals surface area contributed by atoms with Crippen molar-refractivity contribution in [3.05, 3.63) is 23.8 Å². The monoisotopic (exact) mass is 226 g/mol. The summed E-state index contributed by atoms with van der Waals surface area (Å²) in [5.41, 5.74) is 4.04. The van der Waals surface area contributed by atoms with E-state index in [-0.39, 0.29) is 7.33 Å². The first kappa shape index (κ1) is 14.6. The summed E-state index contributed by atoms with van der Waals surface area (Å²) < 4.78 is 0. The molecule has 4 heteroatoms. The molecule has 0 bridgehead atoms. The molecule has 1 aliphatic rings. The lowest BCUT2D eigenvalue weighted by Gasteiger charge is -2.10. The van der Waals surface area contributed by atoms with E-state index >= 15 is 0 Å². The van der Waals surface area contributed by atoms with Gasteiger partial charge in [0, 0.05) is 8.35 Å². The maximum atomic E-state index is 10.6. The summed E-state index contributed by atoms with van der Waals surface area (Å²) in [6.45, 7) is 7.22. The molecule has 2 N–H and O–H groups in total. The molecule has 0 aliphatic heterocycles. The van der Waals surface area contributed by atoms with E-state index in [0.29, 0.717) is 6.42 Å². The summed E-state index contributed by atoms with van der Waals surface area (Å²) in [6.07, 6.45) is 5.61. The number of nitrogens with zero attached hydrogens (tertiary/aromatic N) is 1. The Morgan fingerprint density at radius 3 is 2.62 bits per heavy atom. The van der Waals surface area contributed by atoms with Gasteiger partial charge in [-0.2, -0.15) is 5.10 Å². The number of nitrogens with one attached hydrogen (secondary N) is 1. The van der Waals surface area contributed by atoms with Crippen LogP contribution in [0.1, 0.15) is 35.5 Å². The molecule has 0 aromatic carbocycles. The molecule has 1 rings (SSSR count). The fourth-order valence-electron chi connectivity index (χ4n) is 1.10. The zero-order valence-electron chi connectivity index (χ0n) is 10.3. The van der Waals surface area contributed by atoms with Crippen molar-refractivity contribution in [1.29, 1.82) is 0 Å². The van der Waals surface area contributed by atoms with E-state index in [1.54, 1.807) is 12.2 Å². The Kier molecular flexibility index (Phi) is 7.12. The van der Waals surface area contributed by atoms with Crippen LogP contribution < -0.4 is 5.43 Å². The molecule has 0 radical (unpaired) electrons. The number of hydrazone groups is 1. The van der Waals surface area contributed by atoms with E-state index in [9.17, 15) is 9.90 Å². The zero-order chi connectivity index (χ0) is 12.6. The second kappa shape index (κ2) is 7.82. The highest BCUT2D eigenvalue weighted by atomic mass is 16.3. The average Bonchev–Trinajstić information content (AvgIpc) is 2.29. The van der Waals surface area contributed by atoms with Gasteiger partial charge >= 0.3 is 0 Å². The number of carbonyl (C=O) groups excluding carboxylic acids is 1. The van der Waals surface area contributed by atoms with Crippen LogP contribution in [-0.4, -0.2) is 22.8 Å². The first-order valence-corrected chi connectivity index (χ1v) is 5.47. The van der Waals surface area contributed by atoms with Crippen molar-refractivity contribution in [2.75, 3.05) is 0 Å². The van der Waals surface area contributed by atoms with Crippen LogP contribution in [0.25, 0.3) is 0 Å². The Morgan fingerprint density at radius 2 is 2.19 bits per heavy atom. The first-order valence-electron chi connectivity index (χ1n) is 5.47. The van der Waals surface area contributed by atoms with Crippen LogP contribution in [0.5, 0.6) is 0 Å². The minimum Gasteiger partial charge on any atom is -0.389 e. The number of aliphatic hydroxyl groups excluding tert-OH is 1. The number of allylic oxidation sites excluding steroid dienone is 2. The smallest absolute Gasteiger partial charge is 0.236 e. The lowest BCUT2D eigenvalue weighted by Crippen LogP contribution is -2.16. The van der Waals surface area contributed by atoms with Crippen molar-refractivity contribution < 1.29 is 11.3 Å². The van der Waals surface area contributed by atoms with Gasteiger partial charge in [0.05, 0.1) is 11.8 Å². The molecule has 0 saturated carbocycles. The van der Waals surface area contributed by atoms with Crippen LogP contribution in [0.3, 0.4) is 0 Å². The fraction of sp³-hybridized carbons (Fsp3) is 0.500. The molecule has 0 fully saturated rings. The third-order valence-electron chi connectivity index (χ3n) is 1.88. The molecule has 1 amide bonds. The van der Waals surface area contributed by atoms with Gasteiger partial charge in [-0.25, -0.2) is 5.43 Å². The molecule has 0 spiro atoms. The quantitative estimate of drug-likeness (QED) is 0.559. The van der Waals surface area contributed by atoms with Crippen LogP contribution >= 0.6 is 0 Å². The minimum absolute atomic E-state index is 0. The second-order valence-corrected chi connectivity index (χ2v) is 3.19. The van der Waals surface area contributed by atoms with E-state index in [2.05, 4.69) is 10.5 Å². The summed E-state index contributed by atoms with van der Waals surface area (Å²) in [5.74, 6) is -0.190. The number of carbonyl (C=O) groups is 1. The van der Waals surface area contributed by atoms with E-state index in [1.807, 2.05) is 26.8 Å². The predicted molar refractivity (Wildman–Crippen MR) is 68.2 cm³/mol. The molecule has 0 aromatic rings. The molecule has 92 valence electrons. The van der Waals surface area contributed by atoms with Gasteiger partial charge in [-0.05, 0) is 18.9 Å². The van der Waals surface area contributed by atoms with Crippen molar-refractivity contribution in [2.45, 2.75) is 40.2 Å². The van der Waals surface area contributed by atoms with Gasteiger partial charge < -0.3 is 5.11 Å². The van der Waals surface area contributed by atoms with Crippen molar-refractivity contribution in [1.82, 2.24) is 5.43 Å². The third-order valence-corrected chi connectivity index (χ3v) is 1.88. The van der Waals surface area contributed by atoms with E-state index in [0.717, 1.165) is 11.3 Å². The van der Waals surface area contributed by atoms with Gasteiger partial charge in [0.1, 0.15) is 0 Å².